The smallest absolute Gasteiger partial charge is 0.255 e. The first-order valence-electron chi connectivity index (χ1n) is 6.35. The summed E-state index contributed by atoms with van der Waals surface area (Å²) in [5.41, 5.74) is 2.05. The van der Waals surface area contributed by atoms with Crippen LogP contribution in [0.5, 0.6) is 0 Å². The van der Waals surface area contributed by atoms with E-state index >= 15 is 0 Å². The number of hydrogen-bond donors (Lipinski definition) is 1. The number of aryl methyl sites for hydroxylation is 1. The van der Waals surface area contributed by atoms with Crippen molar-refractivity contribution in [2.45, 2.75) is 26.3 Å². The second kappa shape index (κ2) is 7.33. The Morgan fingerprint density at radius 1 is 1.50 bits per heavy atom. The lowest BCUT2D eigenvalue weighted by molar-refractivity contribution is 0.0746. The van der Waals surface area contributed by atoms with Crippen molar-refractivity contribution in [3.63, 3.8) is 0 Å². The summed E-state index contributed by atoms with van der Waals surface area (Å²) in [5, 5.41) is 17.5. The molecule has 20 heavy (non-hydrogen) atoms. The van der Waals surface area contributed by atoms with Crippen LogP contribution >= 0.6 is 0 Å². The molecule has 1 aromatic carbocycles. The van der Waals surface area contributed by atoms with Crippen molar-refractivity contribution >= 4 is 5.91 Å². The minimum atomic E-state index is -0.248. The molecule has 4 heteroatoms. The highest BCUT2D eigenvalue weighted by Gasteiger charge is 2.19. The molecule has 0 saturated heterocycles. The molecule has 0 aliphatic heterocycles. The first kappa shape index (κ1) is 15.8. The Kier molecular flexibility index (Phi) is 5.77. The third-order valence-corrected chi connectivity index (χ3v) is 3.08. The van der Waals surface area contributed by atoms with E-state index in [0.29, 0.717) is 11.1 Å². The van der Waals surface area contributed by atoms with Crippen LogP contribution in [0.2, 0.25) is 0 Å². The van der Waals surface area contributed by atoms with E-state index in [9.17, 15) is 4.79 Å². The van der Waals surface area contributed by atoms with Crippen LogP contribution in [0.25, 0.3) is 0 Å². The lowest BCUT2D eigenvalue weighted by Crippen LogP contribution is -2.35. The van der Waals surface area contributed by atoms with E-state index < -0.39 is 0 Å². The Morgan fingerprint density at radius 2 is 2.20 bits per heavy atom. The van der Waals surface area contributed by atoms with Gasteiger partial charge in [0.2, 0.25) is 0 Å². The predicted molar refractivity (Wildman–Crippen MR) is 76.9 cm³/mol. The Hall–Kier alpha value is -2.30. The van der Waals surface area contributed by atoms with Gasteiger partial charge in [0, 0.05) is 18.7 Å². The van der Waals surface area contributed by atoms with Gasteiger partial charge in [-0.05, 0) is 26.0 Å². The summed E-state index contributed by atoms with van der Waals surface area (Å²) in [6.45, 7) is 3.48. The van der Waals surface area contributed by atoms with Crippen molar-refractivity contribution in [3.05, 3.63) is 34.9 Å². The summed E-state index contributed by atoms with van der Waals surface area (Å²) in [7, 11) is 1.68. The number of carbonyl (C=O) groups excluding carboxylic acids is 1. The molecule has 104 valence electrons. The van der Waals surface area contributed by atoms with Gasteiger partial charge in [0.15, 0.2) is 0 Å². The summed E-state index contributed by atoms with van der Waals surface area (Å²) in [5.74, 6) is 5.17. The fraction of sp³-hybridized carbons (Fsp3) is 0.375. The minimum absolute atomic E-state index is 0.160. The molecule has 0 bridgehead atoms. The maximum atomic E-state index is 12.5. The number of nitriles is 1. The van der Waals surface area contributed by atoms with Crippen LogP contribution in [0.15, 0.2) is 18.2 Å². The standard InChI is InChI=1S/C16H18N2O2/c1-12-6-7-14(5-4-10-19)15(11-12)16(20)18(3)13(2)8-9-17/h6-7,11,13,19H,8,10H2,1-3H3. The Labute approximate surface area is 119 Å². The lowest BCUT2D eigenvalue weighted by atomic mass is 10.0. The molecule has 0 saturated carbocycles. The van der Waals surface area contributed by atoms with E-state index in [-0.39, 0.29) is 25.0 Å². The Balaban J connectivity index is 3.14. The molecular formula is C16H18N2O2. The highest BCUT2D eigenvalue weighted by Crippen LogP contribution is 2.15. The molecular weight excluding hydrogens is 252 g/mol. The molecule has 4 nitrogen and oxygen atoms in total. The molecule has 0 spiro atoms. The Morgan fingerprint density at radius 3 is 2.80 bits per heavy atom. The summed E-state index contributed by atoms with van der Waals surface area (Å²) >= 11 is 0. The zero-order chi connectivity index (χ0) is 15.1. The zero-order valence-electron chi connectivity index (χ0n) is 12.0. The topological polar surface area (TPSA) is 64.3 Å². The normalized spacial score (nSPS) is 10.9. The molecule has 0 aliphatic carbocycles. The van der Waals surface area contributed by atoms with Crippen molar-refractivity contribution < 1.29 is 9.90 Å². The second-order valence-corrected chi connectivity index (χ2v) is 4.64. The number of carbonyl (C=O) groups is 1. The summed E-state index contributed by atoms with van der Waals surface area (Å²) < 4.78 is 0. The highest BCUT2D eigenvalue weighted by atomic mass is 16.2. The zero-order valence-corrected chi connectivity index (χ0v) is 12.0. The minimum Gasteiger partial charge on any atom is -0.384 e. The second-order valence-electron chi connectivity index (χ2n) is 4.64. The summed E-state index contributed by atoms with van der Waals surface area (Å²) in [6.07, 6.45) is 0.283. The van der Waals surface area contributed by atoms with Crippen molar-refractivity contribution in [2.24, 2.45) is 0 Å². The van der Waals surface area contributed by atoms with Crippen LogP contribution in [0, 0.1) is 30.1 Å². The molecule has 1 atom stereocenters. The first-order valence-corrected chi connectivity index (χ1v) is 6.35. The van der Waals surface area contributed by atoms with Crippen LogP contribution in [-0.4, -0.2) is 35.6 Å². The van der Waals surface area contributed by atoms with Crippen molar-refractivity contribution in [1.82, 2.24) is 4.90 Å². The average Bonchev–Trinajstić information content (AvgIpc) is 2.44. The maximum Gasteiger partial charge on any atom is 0.255 e. The van der Waals surface area contributed by atoms with Crippen LogP contribution in [0.1, 0.15) is 34.8 Å². The molecule has 0 radical (unpaired) electrons. The molecule has 0 heterocycles. The van der Waals surface area contributed by atoms with Crippen LogP contribution < -0.4 is 0 Å². The van der Waals surface area contributed by atoms with Crippen molar-refractivity contribution in [2.75, 3.05) is 13.7 Å². The first-order chi connectivity index (χ1) is 9.51. The van der Waals surface area contributed by atoms with Crippen molar-refractivity contribution in [1.29, 1.82) is 5.26 Å². The monoisotopic (exact) mass is 270 g/mol. The van der Waals surface area contributed by atoms with E-state index in [0.717, 1.165) is 5.56 Å². The van der Waals surface area contributed by atoms with Gasteiger partial charge < -0.3 is 10.0 Å². The molecule has 0 aliphatic rings. The van der Waals surface area contributed by atoms with Gasteiger partial charge in [-0.25, -0.2) is 0 Å². The van der Waals surface area contributed by atoms with Crippen molar-refractivity contribution in [3.8, 4) is 17.9 Å². The maximum absolute atomic E-state index is 12.5. The third kappa shape index (κ3) is 3.85. The number of nitrogens with zero attached hydrogens (tertiary/aromatic N) is 2. The molecule has 1 aromatic rings. The third-order valence-electron chi connectivity index (χ3n) is 3.08. The molecule has 0 aromatic heterocycles. The summed E-state index contributed by atoms with van der Waals surface area (Å²) in [4.78, 5) is 14.0. The van der Waals surface area contributed by atoms with Gasteiger partial charge in [0.1, 0.15) is 6.61 Å². The Bertz CT molecular complexity index is 591. The van der Waals surface area contributed by atoms with E-state index in [1.165, 1.54) is 0 Å². The molecule has 1 unspecified atom stereocenters. The number of aliphatic hydroxyl groups is 1. The van der Waals surface area contributed by atoms with E-state index in [4.69, 9.17) is 10.4 Å². The lowest BCUT2D eigenvalue weighted by Gasteiger charge is -2.23. The van der Waals surface area contributed by atoms with E-state index in [1.807, 2.05) is 19.9 Å². The largest absolute Gasteiger partial charge is 0.384 e. The quantitative estimate of drug-likeness (QED) is 0.850. The fourth-order valence-electron chi connectivity index (χ4n) is 1.74. The molecule has 1 N–H and O–H groups in total. The highest BCUT2D eigenvalue weighted by molar-refractivity contribution is 5.97. The van der Waals surface area contributed by atoms with Crippen LogP contribution in [-0.2, 0) is 0 Å². The van der Waals surface area contributed by atoms with Gasteiger partial charge in [-0.2, -0.15) is 5.26 Å². The van der Waals surface area contributed by atoms with Gasteiger partial charge in [-0.1, -0.05) is 23.5 Å². The van der Waals surface area contributed by atoms with Crippen LogP contribution in [0.4, 0.5) is 0 Å². The van der Waals surface area contributed by atoms with Gasteiger partial charge in [0.25, 0.3) is 5.91 Å². The van der Waals surface area contributed by atoms with Gasteiger partial charge in [0.05, 0.1) is 18.1 Å². The number of benzene rings is 1. The van der Waals surface area contributed by atoms with E-state index in [2.05, 4.69) is 17.9 Å². The molecule has 0 fully saturated rings. The predicted octanol–water partition coefficient (Wildman–Crippen LogP) is 1.71. The number of amides is 1. The van der Waals surface area contributed by atoms with Crippen LogP contribution in [0.3, 0.4) is 0 Å². The average molecular weight is 270 g/mol. The number of aliphatic hydroxyl groups excluding tert-OH is 1. The molecule has 1 rings (SSSR count). The van der Waals surface area contributed by atoms with Gasteiger partial charge >= 0.3 is 0 Å². The fourth-order valence-corrected chi connectivity index (χ4v) is 1.74. The van der Waals surface area contributed by atoms with Gasteiger partial charge in [-0.3, -0.25) is 4.79 Å². The molecule has 1 amide bonds. The summed E-state index contributed by atoms with van der Waals surface area (Å²) in [6, 6.07) is 7.32. The number of hydrogen-bond acceptors (Lipinski definition) is 3. The number of rotatable bonds is 3. The van der Waals surface area contributed by atoms with Gasteiger partial charge in [-0.15, -0.1) is 0 Å². The SMILES string of the molecule is Cc1ccc(C#CCO)c(C(=O)N(C)C(C)CC#N)c1. The van der Waals surface area contributed by atoms with E-state index in [1.54, 1.807) is 24.1 Å².